The molecule has 0 aliphatic carbocycles. The molecule has 6 rings (SSSR count). The normalized spacial score (nSPS) is 14.2. The van der Waals surface area contributed by atoms with E-state index in [1.807, 2.05) is 26.0 Å². The predicted octanol–water partition coefficient (Wildman–Crippen LogP) is 3.96. The van der Waals surface area contributed by atoms with Crippen molar-refractivity contribution in [2.24, 2.45) is 0 Å². The minimum absolute atomic E-state index is 0.177. The van der Waals surface area contributed by atoms with E-state index >= 15 is 0 Å². The fraction of sp³-hybridized carbons (Fsp3) is 0.250. The lowest BCUT2D eigenvalue weighted by Crippen LogP contribution is -2.27. The van der Waals surface area contributed by atoms with Crippen molar-refractivity contribution in [2.45, 2.75) is 38.5 Å². The molecule has 3 aromatic heterocycles. The van der Waals surface area contributed by atoms with Crippen LogP contribution < -0.4 is 5.32 Å². The Morgan fingerprint density at radius 1 is 0.900 bits per heavy atom. The van der Waals surface area contributed by atoms with Gasteiger partial charge in [0.1, 0.15) is 12.1 Å². The third-order valence-corrected chi connectivity index (χ3v) is 9.09. The number of benzene rings is 2. The van der Waals surface area contributed by atoms with Gasteiger partial charge in [0.05, 0.1) is 27.9 Å². The Morgan fingerprint density at radius 2 is 1.65 bits per heavy atom. The molecular formula is C28H28N8O3S. The molecule has 0 bridgehead atoms. The van der Waals surface area contributed by atoms with Crippen LogP contribution in [0.4, 0.5) is 5.82 Å². The van der Waals surface area contributed by atoms with Gasteiger partial charge in [0.25, 0.3) is 5.91 Å². The molecular weight excluding hydrogens is 528 g/mol. The molecule has 0 atom stereocenters. The molecule has 0 radical (unpaired) electrons. The van der Waals surface area contributed by atoms with E-state index < -0.39 is 15.9 Å². The maximum Gasteiger partial charge on any atom is 0.256 e. The summed E-state index contributed by atoms with van der Waals surface area (Å²) in [5, 5.41) is 12.7. The van der Waals surface area contributed by atoms with Gasteiger partial charge in [-0.15, -0.1) is 0 Å². The number of aromatic nitrogens is 6. The molecule has 0 spiro atoms. The van der Waals surface area contributed by atoms with Crippen LogP contribution in [0.15, 0.2) is 66.0 Å². The molecule has 40 heavy (non-hydrogen) atoms. The van der Waals surface area contributed by atoms with Crippen molar-refractivity contribution in [3.8, 4) is 11.5 Å². The van der Waals surface area contributed by atoms with Crippen LogP contribution in [0, 0.1) is 20.8 Å². The fourth-order valence-electron chi connectivity index (χ4n) is 4.84. The summed E-state index contributed by atoms with van der Waals surface area (Å²) in [6.45, 7) is 6.97. The van der Waals surface area contributed by atoms with Gasteiger partial charge in [-0.2, -0.15) is 19.2 Å². The number of hydrogen-bond acceptors (Lipinski definition) is 7. The van der Waals surface area contributed by atoms with Gasteiger partial charge in [-0.1, -0.05) is 6.07 Å². The zero-order valence-corrected chi connectivity index (χ0v) is 23.2. The highest BCUT2D eigenvalue weighted by Gasteiger charge is 2.27. The first-order valence-electron chi connectivity index (χ1n) is 13.0. The highest BCUT2D eigenvalue weighted by Crippen LogP contribution is 2.26. The van der Waals surface area contributed by atoms with Gasteiger partial charge in [0, 0.05) is 24.7 Å². The van der Waals surface area contributed by atoms with Crippen LogP contribution in [0.2, 0.25) is 0 Å². The van der Waals surface area contributed by atoms with Crippen LogP contribution >= 0.6 is 0 Å². The highest BCUT2D eigenvalue weighted by atomic mass is 32.2. The van der Waals surface area contributed by atoms with Gasteiger partial charge in [0.2, 0.25) is 10.0 Å². The third kappa shape index (κ3) is 4.54. The van der Waals surface area contributed by atoms with E-state index in [-0.39, 0.29) is 4.90 Å². The molecule has 11 nitrogen and oxygen atoms in total. The lowest BCUT2D eigenvalue weighted by Gasteiger charge is -2.15. The summed E-state index contributed by atoms with van der Waals surface area (Å²) < 4.78 is 30.5. The largest absolute Gasteiger partial charge is 0.306 e. The van der Waals surface area contributed by atoms with Crippen molar-refractivity contribution in [3.05, 3.63) is 83.4 Å². The quantitative estimate of drug-likeness (QED) is 0.335. The van der Waals surface area contributed by atoms with Crippen molar-refractivity contribution < 1.29 is 13.2 Å². The van der Waals surface area contributed by atoms with Gasteiger partial charge < -0.3 is 5.32 Å². The Morgan fingerprint density at radius 3 is 2.38 bits per heavy atom. The van der Waals surface area contributed by atoms with Crippen LogP contribution in [-0.2, 0) is 10.0 Å². The molecule has 0 saturated carbocycles. The molecule has 1 amide bonds. The number of anilines is 1. The van der Waals surface area contributed by atoms with E-state index in [0.717, 1.165) is 24.1 Å². The number of nitrogens with one attached hydrogen (secondary N) is 1. The molecule has 1 aliphatic rings. The van der Waals surface area contributed by atoms with Gasteiger partial charge in [-0.05, 0) is 81.1 Å². The number of fused-ring (bicyclic) bond motifs is 1. The molecule has 5 aromatic rings. The third-order valence-electron chi connectivity index (χ3n) is 7.17. The average Bonchev–Trinajstić information content (AvgIpc) is 3.71. The molecule has 204 valence electrons. The SMILES string of the molecule is Cc1cc(NC(=O)c2ccc(S(=O)(=O)N3CCCC3)cc2)n(-c2ncnc3c2cnn3-c2ccc(C)c(C)c2)n1. The summed E-state index contributed by atoms with van der Waals surface area (Å²) in [5.41, 5.74) is 4.81. The smallest absolute Gasteiger partial charge is 0.256 e. The molecule has 1 fully saturated rings. The maximum atomic E-state index is 13.2. The van der Waals surface area contributed by atoms with Crippen molar-refractivity contribution in [1.29, 1.82) is 0 Å². The van der Waals surface area contributed by atoms with E-state index in [1.54, 1.807) is 21.6 Å². The first-order chi connectivity index (χ1) is 19.2. The number of amides is 1. The second kappa shape index (κ2) is 9.96. The molecule has 4 heterocycles. The summed E-state index contributed by atoms with van der Waals surface area (Å²) >= 11 is 0. The topological polar surface area (TPSA) is 128 Å². The zero-order valence-electron chi connectivity index (χ0n) is 22.4. The number of carbonyl (C=O) groups excluding carboxylic acids is 1. The molecule has 2 aromatic carbocycles. The minimum atomic E-state index is -3.56. The van der Waals surface area contributed by atoms with Crippen molar-refractivity contribution >= 4 is 32.8 Å². The molecule has 0 unspecified atom stereocenters. The predicted molar refractivity (Wildman–Crippen MR) is 150 cm³/mol. The summed E-state index contributed by atoms with van der Waals surface area (Å²) in [5.74, 6) is 0.480. The summed E-state index contributed by atoms with van der Waals surface area (Å²) in [7, 11) is -3.56. The second-order valence-corrected chi connectivity index (χ2v) is 11.9. The Kier molecular flexibility index (Phi) is 6.43. The van der Waals surface area contributed by atoms with Gasteiger partial charge in [-0.3, -0.25) is 4.79 Å². The number of aryl methyl sites for hydroxylation is 3. The van der Waals surface area contributed by atoms with Crippen LogP contribution in [0.5, 0.6) is 0 Å². The molecule has 12 heteroatoms. The Balaban J connectivity index is 1.30. The Bertz CT molecular complexity index is 1850. The number of nitrogens with zero attached hydrogens (tertiary/aromatic N) is 7. The number of carbonyl (C=O) groups is 1. The van der Waals surface area contributed by atoms with Crippen LogP contribution in [0.3, 0.4) is 0 Å². The van der Waals surface area contributed by atoms with E-state index in [4.69, 9.17) is 0 Å². The fourth-order valence-corrected chi connectivity index (χ4v) is 6.36. The van der Waals surface area contributed by atoms with Crippen molar-refractivity contribution in [1.82, 2.24) is 33.8 Å². The monoisotopic (exact) mass is 556 g/mol. The van der Waals surface area contributed by atoms with E-state index in [1.165, 1.54) is 40.5 Å². The van der Waals surface area contributed by atoms with Gasteiger partial charge >= 0.3 is 0 Å². The first-order valence-corrected chi connectivity index (χ1v) is 14.4. The average molecular weight is 557 g/mol. The van der Waals surface area contributed by atoms with Crippen LogP contribution in [-0.4, -0.2) is 61.2 Å². The van der Waals surface area contributed by atoms with Crippen molar-refractivity contribution in [3.63, 3.8) is 0 Å². The maximum absolute atomic E-state index is 13.2. The number of hydrogen-bond donors (Lipinski definition) is 1. The zero-order chi connectivity index (χ0) is 28.0. The number of rotatable bonds is 6. The van der Waals surface area contributed by atoms with E-state index in [9.17, 15) is 13.2 Å². The standard InChI is InChI=1S/C28H28N8O3S/c1-18-6-9-22(14-19(18)2)35-26-24(16-31-35)27(30-17-29-26)36-25(15-20(3)33-36)32-28(37)21-7-10-23(11-8-21)40(38,39)34-12-4-5-13-34/h6-11,14-17H,4-5,12-13H2,1-3H3,(H,32,37). The molecule has 1 saturated heterocycles. The summed E-state index contributed by atoms with van der Waals surface area (Å²) in [6, 6.07) is 13.8. The first kappa shape index (κ1) is 25.8. The molecule has 1 N–H and O–H groups in total. The van der Waals surface area contributed by atoms with Crippen molar-refractivity contribution in [2.75, 3.05) is 18.4 Å². The van der Waals surface area contributed by atoms with Crippen LogP contribution in [0.25, 0.3) is 22.5 Å². The lowest BCUT2D eigenvalue weighted by atomic mass is 10.1. The van der Waals surface area contributed by atoms with E-state index in [0.29, 0.717) is 47.0 Å². The van der Waals surface area contributed by atoms with Gasteiger partial charge in [-0.25, -0.2) is 23.1 Å². The lowest BCUT2D eigenvalue weighted by molar-refractivity contribution is 0.102. The Hall–Kier alpha value is -4.42. The highest BCUT2D eigenvalue weighted by molar-refractivity contribution is 7.89. The number of sulfonamides is 1. The molecule has 1 aliphatic heterocycles. The minimum Gasteiger partial charge on any atom is -0.306 e. The van der Waals surface area contributed by atoms with Crippen LogP contribution in [0.1, 0.15) is 40.0 Å². The van der Waals surface area contributed by atoms with Gasteiger partial charge in [0.15, 0.2) is 11.5 Å². The summed E-state index contributed by atoms with van der Waals surface area (Å²) in [4.78, 5) is 22.3. The van der Waals surface area contributed by atoms with E-state index in [2.05, 4.69) is 38.5 Å². The Labute approximate surface area is 231 Å². The second-order valence-electron chi connectivity index (χ2n) is 9.93. The summed E-state index contributed by atoms with van der Waals surface area (Å²) in [6.07, 6.45) is 4.84.